The number of anilines is 1. The van der Waals surface area contributed by atoms with E-state index in [0.717, 1.165) is 11.5 Å². The molecule has 8 nitrogen and oxygen atoms in total. The molecule has 0 unspecified atom stereocenters. The molecule has 0 spiro atoms. The highest BCUT2D eigenvalue weighted by Crippen LogP contribution is 2.26. The van der Waals surface area contributed by atoms with Crippen molar-refractivity contribution >= 4 is 45.8 Å². The Bertz CT molecular complexity index is 1090. The number of nitro benzene ring substituents is 1. The quantitative estimate of drug-likeness (QED) is 0.394. The lowest BCUT2D eigenvalue weighted by Crippen LogP contribution is -2.30. The van der Waals surface area contributed by atoms with Gasteiger partial charge >= 0.3 is 5.97 Å². The van der Waals surface area contributed by atoms with Crippen molar-refractivity contribution in [3.63, 3.8) is 0 Å². The number of benzene rings is 2. The summed E-state index contributed by atoms with van der Waals surface area (Å²) in [5, 5.41) is 14.1. The van der Waals surface area contributed by atoms with Crippen LogP contribution in [0.3, 0.4) is 0 Å². The standard InChI is InChI=1S/C19H14ClN3O5/c1-11(18(24)22-16-9-7-13(23(26)27)10-14(16)20)28-19(25)17-8-6-12-4-2-3-5-15(12)21-17/h2-11H,1H3,(H,22,24)/t11-/m1/s1. The minimum absolute atomic E-state index is 0.00253. The van der Waals surface area contributed by atoms with Crippen molar-refractivity contribution < 1.29 is 19.2 Å². The highest BCUT2D eigenvalue weighted by Gasteiger charge is 2.21. The van der Waals surface area contributed by atoms with E-state index in [9.17, 15) is 19.7 Å². The first-order chi connectivity index (χ1) is 13.3. The van der Waals surface area contributed by atoms with E-state index in [1.165, 1.54) is 25.1 Å². The van der Waals surface area contributed by atoms with Gasteiger partial charge in [0.05, 0.1) is 21.2 Å². The maximum Gasteiger partial charge on any atom is 0.357 e. The zero-order chi connectivity index (χ0) is 20.3. The van der Waals surface area contributed by atoms with E-state index in [2.05, 4.69) is 10.3 Å². The Hall–Kier alpha value is -3.52. The maximum absolute atomic E-state index is 12.3. The Morgan fingerprint density at radius 2 is 1.93 bits per heavy atom. The number of pyridine rings is 1. The Morgan fingerprint density at radius 3 is 2.64 bits per heavy atom. The van der Waals surface area contributed by atoms with Gasteiger partial charge in [-0.3, -0.25) is 14.9 Å². The second-order valence-corrected chi connectivity index (χ2v) is 6.25. The highest BCUT2D eigenvalue weighted by molar-refractivity contribution is 6.34. The third-order valence-electron chi connectivity index (χ3n) is 3.88. The molecule has 1 N–H and O–H groups in total. The number of ether oxygens (including phenoxy) is 1. The first-order valence-corrected chi connectivity index (χ1v) is 8.54. The van der Waals surface area contributed by atoms with Gasteiger partial charge in [-0.15, -0.1) is 0 Å². The molecule has 3 aromatic rings. The number of non-ortho nitro benzene ring substituents is 1. The Labute approximate surface area is 164 Å². The van der Waals surface area contributed by atoms with E-state index in [1.807, 2.05) is 12.1 Å². The van der Waals surface area contributed by atoms with Gasteiger partial charge in [0, 0.05) is 17.5 Å². The molecular formula is C19H14ClN3O5. The van der Waals surface area contributed by atoms with Crippen LogP contribution in [0, 0.1) is 10.1 Å². The Balaban J connectivity index is 1.67. The fourth-order valence-electron chi connectivity index (χ4n) is 2.41. The molecule has 0 aliphatic heterocycles. The SMILES string of the molecule is C[C@@H](OC(=O)c1ccc2ccccc2n1)C(=O)Nc1ccc([N+](=O)[O-])cc1Cl. The molecule has 0 saturated heterocycles. The summed E-state index contributed by atoms with van der Waals surface area (Å²) in [6.07, 6.45) is -1.13. The summed E-state index contributed by atoms with van der Waals surface area (Å²) in [5.74, 6) is -1.38. The Kier molecular flexibility index (Phi) is 5.51. The number of carbonyl (C=O) groups is 2. The molecule has 0 fully saturated rings. The van der Waals surface area contributed by atoms with Gasteiger partial charge in [0.1, 0.15) is 5.69 Å². The third kappa shape index (κ3) is 4.24. The number of nitrogens with one attached hydrogen (secondary N) is 1. The maximum atomic E-state index is 12.3. The van der Waals surface area contributed by atoms with Crippen molar-refractivity contribution in [3.8, 4) is 0 Å². The van der Waals surface area contributed by atoms with Crippen LogP contribution < -0.4 is 5.32 Å². The van der Waals surface area contributed by atoms with E-state index in [1.54, 1.807) is 18.2 Å². The van der Waals surface area contributed by atoms with Gasteiger partial charge in [-0.25, -0.2) is 9.78 Å². The third-order valence-corrected chi connectivity index (χ3v) is 4.19. The number of halogens is 1. The second kappa shape index (κ2) is 8.01. The van der Waals surface area contributed by atoms with E-state index in [4.69, 9.17) is 16.3 Å². The van der Waals surface area contributed by atoms with E-state index in [0.29, 0.717) is 5.52 Å². The molecule has 142 valence electrons. The van der Waals surface area contributed by atoms with Gasteiger partial charge in [-0.1, -0.05) is 35.9 Å². The van der Waals surface area contributed by atoms with Crippen molar-refractivity contribution in [1.82, 2.24) is 4.98 Å². The van der Waals surface area contributed by atoms with Crippen molar-refractivity contribution in [3.05, 3.63) is 75.4 Å². The number of rotatable bonds is 5. The van der Waals surface area contributed by atoms with Crippen LogP contribution in [0.4, 0.5) is 11.4 Å². The van der Waals surface area contributed by atoms with Crippen LogP contribution in [-0.4, -0.2) is 27.9 Å². The molecule has 0 aliphatic rings. The lowest BCUT2D eigenvalue weighted by atomic mass is 10.2. The van der Waals surface area contributed by atoms with Gasteiger partial charge in [-0.2, -0.15) is 0 Å². The molecule has 1 amide bonds. The number of amides is 1. The number of carbonyl (C=O) groups excluding carboxylic acids is 2. The number of aromatic nitrogens is 1. The molecule has 0 saturated carbocycles. The normalized spacial score (nSPS) is 11.6. The van der Waals surface area contributed by atoms with Crippen LogP contribution in [-0.2, 0) is 9.53 Å². The molecule has 1 heterocycles. The summed E-state index contributed by atoms with van der Waals surface area (Å²) in [6.45, 7) is 1.40. The predicted octanol–water partition coefficient (Wildman–Crippen LogP) is 3.98. The molecule has 0 radical (unpaired) electrons. The largest absolute Gasteiger partial charge is 0.448 e. The minimum atomic E-state index is -1.13. The highest BCUT2D eigenvalue weighted by atomic mass is 35.5. The molecule has 2 aromatic carbocycles. The fourth-order valence-corrected chi connectivity index (χ4v) is 2.63. The van der Waals surface area contributed by atoms with Crippen LogP contribution in [0.5, 0.6) is 0 Å². The first-order valence-electron chi connectivity index (χ1n) is 8.17. The average molecular weight is 400 g/mol. The van der Waals surface area contributed by atoms with Crippen LogP contribution >= 0.6 is 11.6 Å². The summed E-state index contributed by atoms with van der Waals surface area (Å²) in [6, 6.07) is 14.2. The van der Waals surface area contributed by atoms with Gasteiger partial charge in [0.2, 0.25) is 0 Å². The van der Waals surface area contributed by atoms with Gasteiger partial charge < -0.3 is 10.1 Å². The number of esters is 1. The zero-order valence-corrected chi connectivity index (χ0v) is 15.3. The molecule has 9 heteroatoms. The second-order valence-electron chi connectivity index (χ2n) is 5.85. The molecule has 1 aromatic heterocycles. The van der Waals surface area contributed by atoms with Crippen LogP contribution in [0.25, 0.3) is 10.9 Å². The van der Waals surface area contributed by atoms with Crippen molar-refractivity contribution in [2.45, 2.75) is 13.0 Å². The molecule has 1 atom stereocenters. The first kappa shape index (κ1) is 19.2. The number of hydrogen-bond acceptors (Lipinski definition) is 6. The van der Waals surface area contributed by atoms with E-state index < -0.39 is 22.9 Å². The van der Waals surface area contributed by atoms with Gasteiger partial charge in [-0.05, 0) is 25.1 Å². The zero-order valence-electron chi connectivity index (χ0n) is 14.6. The molecule has 28 heavy (non-hydrogen) atoms. The topological polar surface area (TPSA) is 111 Å². The summed E-state index contributed by atoms with van der Waals surface area (Å²) >= 11 is 5.94. The number of nitro groups is 1. The van der Waals surface area contributed by atoms with Gasteiger partial charge in [0.15, 0.2) is 6.10 Å². The number of para-hydroxylation sites is 1. The molecule has 0 bridgehead atoms. The number of nitrogens with zero attached hydrogens (tertiary/aromatic N) is 2. The van der Waals surface area contributed by atoms with Crippen LogP contribution in [0.15, 0.2) is 54.6 Å². The number of fused-ring (bicyclic) bond motifs is 1. The number of hydrogen-bond donors (Lipinski definition) is 1. The van der Waals surface area contributed by atoms with E-state index >= 15 is 0 Å². The predicted molar refractivity (Wildman–Crippen MR) is 103 cm³/mol. The summed E-state index contributed by atoms with van der Waals surface area (Å²) < 4.78 is 5.16. The monoisotopic (exact) mass is 399 g/mol. The van der Waals surface area contributed by atoms with Crippen molar-refractivity contribution in [2.75, 3.05) is 5.32 Å². The van der Waals surface area contributed by atoms with Crippen LogP contribution in [0.1, 0.15) is 17.4 Å². The van der Waals surface area contributed by atoms with Crippen LogP contribution in [0.2, 0.25) is 5.02 Å². The fraction of sp³-hybridized carbons (Fsp3) is 0.105. The van der Waals surface area contributed by atoms with Gasteiger partial charge in [0.25, 0.3) is 11.6 Å². The van der Waals surface area contributed by atoms with Crippen molar-refractivity contribution in [2.24, 2.45) is 0 Å². The smallest absolute Gasteiger partial charge is 0.357 e. The Morgan fingerprint density at radius 1 is 1.18 bits per heavy atom. The lowest BCUT2D eigenvalue weighted by Gasteiger charge is -2.14. The average Bonchev–Trinajstić information content (AvgIpc) is 2.68. The summed E-state index contributed by atoms with van der Waals surface area (Å²) in [4.78, 5) is 38.9. The molecular weight excluding hydrogens is 386 g/mol. The lowest BCUT2D eigenvalue weighted by molar-refractivity contribution is -0.384. The van der Waals surface area contributed by atoms with Crippen molar-refractivity contribution in [1.29, 1.82) is 0 Å². The van der Waals surface area contributed by atoms with E-state index in [-0.39, 0.29) is 22.1 Å². The molecule has 3 rings (SSSR count). The minimum Gasteiger partial charge on any atom is -0.448 e. The summed E-state index contributed by atoms with van der Waals surface area (Å²) in [5.41, 5.74) is 0.673. The molecule has 0 aliphatic carbocycles. The summed E-state index contributed by atoms with van der Waals surface area (Å²) in [7, 11) is 0.